The Morgan fingerprint density at radius 1 is 1.20 bits per heavy atom. The zero-order chi connectivity index (χ0) is 21.9. The SMILES string of the molecule is CC(C)(C)OC(=O)NCc1cc2cc(OC(F)(F)F)c(OCc3cscn3)cc2[nH]1. The first kappa shape index (κ1) is 21.8. The fraction of sp³-hybridized carbons (Fsp3) is 0.368. The number of ether oxygens (including phenoxy) is 3. The number of hydrogen-bond acceptors (Lipinski definition) is 6. The molecule has 0 aliphatic rings. The molecule has 11 heteroatoms. The van der Waals surface area contributed by atoms with E-state index >= 15 is 0 Å². The second-order valence-corrected chi connectivity index (χ2v) is 8.07. The van der Waals surface area contributed by atoms with Crippen molar-refractivity contribution >= 4 is 28.3 Å². The number of aromatic nitrogens is 2. The number of fused-ring (bicyclic) bond motifs is 1. The first-order valence-electron chi connectivity index (χ1n) is 8.86. The van der Waals surface area contributed by atoms with E-state index in [1.54, 1.807) is 37.7 Å². The zero-order valence-corrected chi connectivity index (χ0v) is 17.2. The molecule has 1 aromatic carbocycles. The smallest absolute Gasteiger partial charge is 0.483 e. The van der Waals surface area contributed by atoms with Crippen molar-refractivity contribution in [3.8, 4) is 11.5 Å². The first-order chi connectivity index (χ1) is 14.0. The van der Waals surface area contributed by atoms with E-state index in [4.69, 9.17) is 9.47 Å². The number of alkyl halides is 3. The van der Waals surface area contributed by atoms with E-state index in [9.17, 15) is 18.0 Å². The molecule has 2 aromatic heterocycles. The number of hydrogen-bond donors (Lipinski definition) is 2. The average Bonchev–Trinajstić information content (AvgIpc) is 3.24. The summed E-state index contributed by atoms with van der Waals surface area (Å²) in [5.74, 6) is -0.544. The Labute approximate surface area is 174 Å². The molecule has 0 saturated carbocycles. The van der Waals surface area contributed by atoms with Gasteiger partial charge in [-0.05, 0) is 32.9 Å². The quantitative estimate of drug-likeness (QED) is 0.552. The largest absolute Gasteiger partial charge is 0.573 e. The van der Waals surface area contributed by atoms with Gasteiger partial charge in [-0.25, -0.2) is 9.78 Å². The second kappa shape index (κ2) is 8.42. The van der Waals surface area contributed by atoms with Gasteiger partial charge in [0.25, 0.3) is 0 Å². The summed E-state index contributed by atoms with van der Waals surface area (Å²) in [4.78, 5) is 18.9. The summed E-state index contributed by atoms with van der Waals surface area (Å²) in [6.45, 7) is 5.32. The molecule has 0 aliphatic carbocycles. The van der Waals surface area contributed by atoms with Crippen molar-refractivity contribution in [1.82, 2.24) is 15.3 Å². The van der Waals surface area contributed by atoms with Crippen LogP contribution in [0.25, 0.3) is 10.9 Å². The monoisotopic (exact) mass is 443 g/mol. The van der Waals surface area contributed by atoms with Crippen LogP contribution in [0, 0.1) is 0 Å². The summed E-state index contributed by atoms with van der Waals surface area (Å²) < 4.78 is 53.3. The molecule has 0 radical (unpaired) electrons. The van der Waals surface area contributed by atoms with Crippen molar-refractivity contribution in [2.45, 2.75) is 45.9 Å². The molecule has 162 valence electrons. The molecule has 2 heterocycles. The molecule has 0 unspecified atom stereocenters. The lowest BCUT2D eigenvalue weighted by Gasteiger charge is -2.19. The summed E-state index contributed by atoms with van der Waals surface area (Å²) in [5, 5.41) is 4.79. The van der Waals surface area contributed by atoms with Crippen LogP contribution in [0.3, 0.4) is 0 Å². The molecular formula is C19H20F3N3O4S. The van der Waals surface area contributed by atoms with Crippen LogP contribution in [-0.4, -0.2) is 28.0 Å². The molecule has 0 aliphatic heterocycles. The number of nitrogens with zero attached hydrogens (tertiary/aromatic N) is 1. The van der Waals surface area contributed by atoms with E-state index in [-0.39, 0.29) is 18.9 Å². The minimum Gasteiger partial charge on any atom is -0.483 e. The van der Waals surface area contributed by atoms with E-state index in [0.29, 0.717) is 22.3 Å². The molecule has 0 atom stereocenters. The molecule has 0 bridgehead atoms. The maximum atomic E-state index is 12.8. The summed E-state index contributed by atoms with van der Waals surface area (Å²) in [5.41, 5.74) is 2.65. The van der Waals surface area contributed by atoms with Crippen molar-refractivity contribution in [2.75, 3.05) is 0 Å². The molecule has 3 rings (SSSR count). The van der Waals surface area contributed by atoms with Gasteiger partial charge < -0.3 is 24.5 Å². The highest BCUT2D eigenvalue weighted by atomic mass is 32.1. The van der Waals surface area contributed by atoms with Gasteiger partial charge in [0.2, 0.25) is 0 Å². The Morgan fingerprint density at radius 2 is 1.97 bits per heavy atom. The third kappa shape index (κ3) is 6.28. The van der Waals surface area contributed by atoms with Crippen LogP contribution in [0.2, 0.25) is 0 Å². The maximum absolute atomic E-state index is 12.8. The summed E-state index contributed by atoms with van der Waals surface area (Å²) in [6.07, 6.45) is -5.47. The fourth-order valence-corrected chi connectivity index (χ4v) is 3.10. The number of aromatic amines is 1. The van der Waals surface area contributed by atoms with Crippen LogP contribution in [-0.2, 0) is 17.9 Å². The first-order valence-corrected chi connectivity index (χ1v) is 9.81. The van der Waals surface area contributed by atoms with Crippen molar-refractivity contribution in [3.63, 3.8) is 0 Å². The van der Waals surface area contributed by atoms with Gasteiger partial charge in [-0.15, -0.1) is 24.5 Å². The van der Waals surface area contributed by atoms with Crippen LogP contribution in [0.4, 0.5) is 18.0 Å². The Kier molecular flexibility index (Phi) is 6.11. The van der Waals surface area contributed by atoms with E-state index in [0.717, 1.165) is 0 Å². The lowest BCUT2D eigenvalue weighted by Crippen LogP contribution is -2.32. The average molecular weight is 443 g/mol. The zero-order valence-electron chi connectivity index (χ0n) is 16.4. The number of amides is 1. The van der Waals surface area contributed by atoms with Crippen LogP contribution in [0.5, 0.6) is 11.5 Å². The van der Waals surface area contributed by atoms with Gasteiger partial charge in [0.1, 0.15) is 12.2 Å². The van der Waals surface area contributed by atoms with Gasteiger partial charge in [0.15, 0.2) is 11.5 Å². The Bertz CT molecular complexity index is 1010. The number of rotatable bonds is 6. The maximum Gasteiger partial charge on any atom is 0.573 e. The highest BCUT2D eigenvalue weighted by Crippen LogP contribution is 2.36. The van der Waals surface area contributed by atoms with Gasteiger partial charge in [0.05, 0.1) is 17.7 Å². The molecule has 0 fully saturated rings. The molecule has 2 N–H and O–H groups in total. The van der Waals surface area contributed by atoms with E-state index in [1.807, 2.05) is 0 Å². The molecule has 0 spiro atoms. The number of alkyl carbamates (subject to hydrolysis) is 1. The topological polar surface area (TPSA) is 85.5 Å². The summed E-state index contributed by atoms with van der Waals surface area (Å²) in [7, 11) is 0. The van der Waals surface area contributed by atoms with Crippen molar-refractivity contribution in [2.24, 2.45) is 0 Å². The fourth-order valence-electron chi connectivity index (χ4n) is 2.55. The third-order valence-corrected chi connectivity index (χ3v) is 4.28. The Balaban J connectivity index is 1.80. The highest BCUT2D eigenvalue weighted by Gasteiger charge is 2.33. The van der Waals surface area contributed by atoms with Gasteiger partial charge in [-0.3, -0.25) is 0 Å². The lowest BCUT2D eigenvalue weighted by atomic mass is 10.2. The summed E-state index contributed by atoms with van der Waals surface area (Å²) >= 11 is 1.35. The standard InChI is InChI=1S/C19H20F3N3O4S/c1-18(2,3)29-17(26)23-7-12-4-11-5-16(28-19(20,21)22)15(6-14(11)25-12)27-8-13-9-30-10-24-13/h4-6,9-10,25H,7-8H2,1-3H3,(H,23,26). The molecule has 0 saturated heterocycles. The Hall–Kier alpha value is -2.95. The Morgan fingerprint density at radius 3 is 2.60 bits per heavy atom. The third-order valence-electron chi connectivity index (χ3n) is 3.65. The van der Waals surface area contributed by atoms with Gasteiger partial charge in [-0.1, -0.05) is 0 Å². The van der Waals surface area contributed by atoms with Gasteiger partial charge in [-0.2, -0.15) is 0 Å². The minimum atomic E-state index is -4.87. The minimum absolute atomic E-state index is 0.00299. The molecule has 30 heavy (non-hydrogen) atoms. The second-order valence-electron chi connectivity index (χ2n) is 7.35. The number of thiazole rings is 1. The van der Waals surface area contributed by atoms with Crippen LogP contribution in [0.15, 0.2) is 29.1 Å². The normalized spacial score (nSPS) is 12.1. The molecule has 7 nitrogen and oxygen atoms in total. The van der Waals surface area contributed by atoms with Crippen LogP contribution < -0.4 is 14.8 Å². The van der Waals surface area contributed by atoms with Crippen molar-refractivity contribution < 1.29 is 32.2 Å². The number of halogens is 3. The predicted molar refractivity (Wildman–Crippen MR) is 105 cm³/mol. The lowest BCUT2D eigenvalue weighted by molar-refractivity contribution is -0.275. The number of nitrogens with one attached hydrogen (secondary N) is 2. The molecule has 1 amide bonds. The molecular weight excluding hydrogens is 423 g/mol. The summed E-state index contributed by atoms with van der Waals surface area (Å²) in [6, 6.07) is 4.26. The van der Waals surface area contributed by atoms with Gasteiger partial charge >= 0.3 is 12.5 Å². The van der Waals surface area contributed by atoms with E-state index in [2.05, 4.69) is 20.0 Å². The predicted octanol–water partition coefficient (Wildman–Crippen LogP) is 5.13. The van der Waals surface area contributed by atoms with Crippen molar-refractivity contribution in [3.05, 3.63) is 40.5 Å². The van der Waals surface area contributed by atoms with Crippen LogP contribution in [0.1, 0.15) is 32.2 Å². The number of H-pyrrole nitrogens is 1. The van der Waals surface area contributed by atoms with E-state index < -0.39 is 23.8 Å². The van der Waals surface area contributed by atoms with Crippen molar-refractivity contribution in [1.29, 1.82) is 0 Å². The highest BCUT2D eigenvalue weighted by molar-refractivity contribution is 7.07. The number of carbonyl (C=O) groups is 1. The number of benzene rings is 1. The molecule has 3 aromatic rings. The van der Waals surface area contributed by atoms with Crippen LogP contribution >= 0.6 is 11.3 Å². The van der Waals surface area contributed by atoms with E-state index in [1.165, 1.54) is 23.5 Å². The number of carbonyl (C=O) groups excluding carboxylic acids is 1. The van der Waals surface area contributed by atoms with Gasteiger partial charge in [0, 0.05) is 28.0 Å².